The molecule has 28 heavy (non-hydrogen) atoms. The molecule has 138 valence electrons. The van der Waals surface area contributed by atoms with E-state index in [1.807, 2.05) is 101 Å². The summed E-state index contributed by atoms with van der Waals surface area (Å²) >= 11 is 1.57. The van der Waals surface area contributed by atoms with E-state index in [1.54, 1.807) is 11.3 Å². The van der Waals surface area contributed by atoms with Gasteiger partial charge in [0, 0.05) is 16.6 Å². The molecule has 3 aromatic carbocycles. The molecule has 0 aliphatic heterocycles. The summed E-state index contributed by atoms with van der Waals surface area (Å²) in [7, 11) is 0. The Hall–Kier alpha value is -3.24. The molecule has 0 N–H and O–H groups in total. The van der Waals surface area contributed by atoms with Crippen molar-refractivity contribution in [2.45, 2.75) is 13.0 Å². The Labute approximate surface area is 168 Å². The van der Waals surface area contributed by atoms with Crippen molar-refractivity contribution in [2.24, 2.45) is 0 Å². The highest BCUT2D eigenvalue weighted by molar-refractivity contribution is 7.13. The number of amides is 1. The predicted octanol–water partition coefficient (Wildman–Crippen LogP) is 5.59. The average molecular weight is 385 g/mol. The van der Waals surface area contributed by atoms with Crippen LogP contribution in [0, 0.1) is 0 Å². The van der Waals surface area contributed by atoms with Gasteiger partial charge in [-0.1, -0.05) is 78.9 Å². The van der Waals surface area contributed by atoms with Gasteiger partial charge in [0.15, 0.2) is 0 Å². The summed E-state index contributed by atoms with van der Waals surface area (Å²) in [6.45, 7) is 0.541. The number of rotatable bonds is 6. The van der Waals surface area contributed by atoms with Crippen molar-refractivity contribution in [1.82, 2.24) is 4.98 Å². The van der Waals surface area contributed by atoms with Crippen LogP contribution in [0.25, 0.3) is 10.6 Å². The number of hydrogen-bond donors (Lipinski definition) is 0. The second kappa shape index (κ2) is 8.63. The molecule has 4 aromatic rings. The van der Waals surface area contributed by atoms with E-state index in [4.69, 9.17) is 0 Å². The van der Waals surface area contributed by atoms with Crippen molar-refractivity contribution in [3.63, 3.8) is 0 Å². The van der Waals surface area contributed by atoms with Crippen LogP contribution < -0.4 is 4.90 Å². The minimum absolute atomic E-state index is 0.0416. The van der Waals surface area contributed by atoms with Crippen LogP contribution in [0.3, 0.4) is 0 Å². The van der Waals surface area contributed by atoms with Crippen molar-refractivity contribution >= 4 is 22.9 Å². The molecule has 0 aliphatic carbocycles. The lowest BCUT2D eigenvalue weighted by molar-refractivity contribution is -0.118. The van der Waals surface area contributed by atoms with Gasteiger partial charge >= 0.3 is 0 Å². The Morgan fingerprint density at radius 2 is 1.43 bits per heavy atom. The summed E-state index contributed by atoms with van der Waals surface area (Å²) in [5.74, 6) is 0.0416. The molecule has 0 aliphatic rings. The number of hydrogen-bond acceptors (Lipinski definition) is 3. The highest BCUT2D eigenvalue weighted by Gasteiger charge is 2.18. The molecule has 0 bridgehead atoms. The van der Waals surface area contributed by atoms with Crippen LogP contribution in [0.4, 0.5) is 5.69 Å². The smallest absolute Gasteiger partial charge is 0.233 e. The Morgan fingerprint density at radius 3 is 2.11 bits per heavy atom. The third kappa shape index (κ3) is 4.35. The third-order valence-electron chi connectivity index (χ3n) is 4.46. The van der Waals surface area contributed by atoms with Crippen molar-refractivity contribution in [3.05, 3.63) is 108 Å². The summed E-state index contributed by atoms with van der Waals surface area (Å²) in [6, 6.07) is 29.9. The maximum Gasteiger partial charge on any atom is 0.233 e. The molecule has 0 radical (unpaired) electrons. The van der Waals surface area contributed by atoms with Gasteiger partial charge in [-0.15, -0.1) is 11.3 Å². The van der Waals surface area contributed by atoms with Crippen molar-refractivity contribution < 1.29 is 4.79 Å². The molecule has 0 atom stereocenters. The van der Waals surface area contributed by atoms with Crippen LogP contribution >= 0.6 is 11.3 Å². The van der Waals surface area contributed by atoms with Crippen molar-refractivity contribution in [2.75, 3.05) is 4.90 Å². The average Bonchev–Trinajstić information content (AvgIpc) is 3.22. The van der Waals surface area contributed by atoms with Gasteiger partial charge in [0.05, 0.1) is 18.7 Å². The molecule has 4 rings (SSSR count). The molecule has 1 amide bonds. The predicted molar refractivity (Wildman–Crippen MR) is 115 cm³/mol. The van der Waals surface area contributed by atoms with Gasteiger partial charge in [0.2, 0.25) is 5.91 Å². The van der Waals surface area contributed by atoms with Crippen LogP contribution in [0.5, 0.6) is 0 Å². The molecule has 1 aromatic heterocycles. The maximum atomic E-state index is 13.2. The molecule has 0 saturated heterocycles. The number of carbonyl (C=O) groups is 1. The minimum Gasteiger partial charge on any atom is -0.308 e. The Morgan fingerprint density at radius 1 is 0.821 bits per heavy atom. The lowest BCUT2D eigenvalue weighted by Crippen LogP contribution is -2.31. The van der Waals surface area contributed by atoms with Gasteiger partial charge in [0.1, 0.15) is 5.01 Å². The molecule has 0 unspecified atom stereocenters. The summed E-state index contributed by atoms with van der Waals surface area (Å²) in [6.07, 6.45) is 0.283. The number of aromatic nitrogens is 1. The fraction of sp³-hybridized carbons (Fsp3) is 0.0833. The zero-order chi connectivity index (χ0) is 19.2. The molecule has 1 heterocycles. The Balaban J connectivity index is 1.55. The van der Waals surface area contributed by atoms with E-state index in [0.29, 0.717) is 6.54 Å². The number of carbonyl (C=O) groups excluding carboxylic acids is 1. The van der Waals surface area contributed by atoms with Crippen molar-refractivity contribution in [3.8, 4) is 10.6 Å². The van der Waals surface area contributed by atoms with Gasteiger partial charge in [-0.3, -0.25) is 4.79 Å². The van der Waals surface area contributed by atoms with Gasteiger partial charge in [0.25, 0.3) is 0 Å². The lowest BCUT2D eigenvalue weighted by atomic mass is 10.1. The van der Waals surface area contributed by atoms with Crippen LogP contribution in [0.15, 0.2) is 96.4 Å². The first-order valence-corrected chi connectivity index (χ1v) is 10.1. The number of para-hydroxylation sites is 1. The first-order valence-electron chi connectivity index (χ1n) is 9.19. The Bertz CT molecular complexity index is 1030. The lowest BCUT2D eigenvalue weighted by Gasteiger charge is -2.23. The van der Waals surface area contributed by atoms with Gasteiger partial charge in [-0.25, -0.2) is 4.98 Å². The fourth-order valence-electron chi connectivity index (χ4n) is 3.05. The first-order chi connectivity index (χ1) is 13.8. The third-order valence-corrected chi connectivity index (χ3v) is 5.40. The monoisotopic (exact) mass is 384 g/mol. The summed E-state index contributed by atoms with van der Waals surface area (Å²) in [5, 5.41) is 2.92. The first kappa shape index (κ1) is 18.1. The molecule has 4 heteroatoms. The molecular formula is C24H20N2OS. The minimum atomic E-state index is 0.0416. The largest absolute Gasteiger partial charge is 0.308 e. The number of anilines is 1. The zero-order valence-electron chi connectivity index (χ0n) is 15.4. The molecule has 0 saturated carbocycles. The maximum absolute atomic E-state index is 13.2. The highest BCUT2D eigenvalue weighted by atomic mass is 32.1. The highest BCUT2D eigenvalue weighted by Crippen LogP contribution is 2.24. The van der Waals surface area contributed by atoms with Crippen LogP contribution in [0.1, 0.15) is 11.3 Å². The summed E-state index contributed by atoms with van der Waals surface area (Å²) < 4.78 is 0. The van der Waals surface area contributed by atoms with E-state index in [1.165, 1.54) is 0 Å². The number of thiazole rings is 1. The molecule has 3 nitrogen and oxygen atoms in total. The number of benzene rings is 3. The van der Waals surface area contributed by atoms with E-state index < -0.39 is 0 Å². The van der Waals surface area contributed by atoms with Crippen molar-refractivity contribution in [1.29, 1.82) is 0 Å². The van der Waals surface area contributed by atoms with E-state index in [0.717, 1.165) is 27.5 Å². The standard InChI is InChI=1S/C24H20N2OS/c27-23(16-21-18-28-24(25-21)20-12-6-2-7-13-20)26(22-14-8-3-9-15-22)17-19-10-4-1-5-11-19/h1-15,18H,16-17H2. The SMILES string of the molecule is O=C(Cc1csc(-c2ccccc2)n1)N(Cc1ccccc1)c1ccccc1. The summed E-state index contributed by atoms with van der Waals surface area (Å²) in [5.41, 5.74) is 3.89. The van der Waals surface area contributed by atoms with Gasteiger partial charge in [-0.05, 0) is 17.7 Å². The second-order valence-electron chi connectivity index (χ2n) is 6.49. The topological polar surface area (TPSA) is 33.2 Å². The second-order valence-corrected chi connectivity index (χ2v) is 7.35. The molecule has 0 fully saturated rings. The van der Waals surface area contributed by atoms with Crippen LogP contribution in [-0.4, -0.2) is 10.9 Å². The quantitative estimate of drug-likeness (QED) is 0.434. The van der Waals surface area contributed by atoms with Crippen LogP contribution in [-0.2, 0) is 17.8 Å². The van der Waals surface area contributed by atoms with Crippen LogP contribution in [0.2, 0.25) is 0 Å². The fourth-order valence-corrected chi connectivity index (χ4v) is 3.88. The van der Waals surface area contributed by atoms with E-state index in [2.05, 4.69) is 4.98 Å². The zero-order valence-corrected chi connectivity index (χ0v) is 16.2. The normalized spacial score (nSPS) is 10.6. The number of nitrogens with zero attached hydrogens (tertiary/aromatic N) is 2. The summed E-state index contributed by atoms with van der Waals surface area (Å²) in [4.78, 5) is 19.7. The van der Waals surface area contributed by atoms with E-state index >= 15 is 0 Å². The van der Waals surface area contributed by atoms with Gasteiger partial charge in [-0.2, -0.15) is 0 Å². The van der Waals surface area contributed by atoms with E-state index in [-0.39, 0.29) is 12.3 Å². The molecular weight excluding hydrogens is 364 g/mol. The molecule has 0 spiro atoms. The Kier molecular flexibility index (Phi) is 5.59. The van der Waals surface area contributed by atoms with Gasteiger partial charge < -0.3 is 4.90 Å². The van der Waals surface area contributed by atoms with E-state index in [9.17, 15) is 4.79 Å².